The molecule has 0 spiro atoms. The molecule has 0 unspecified atom stereocenters. The van der Waals surface area contributed by atoms with Crippen molar-refractivity contribution in [1.29, 1.82) is 0 Å². The van der Waals surface area contributed by atoms with Gasteiger partial charge in [-0.1, -0.05) is 18.9 Å². The van der Waals surface area contributed by atoms with E-state index in [1.54, 1.807) is 35.7 Å². The van der Waals surface area contributed by atoms with Crippen LogP contribution < -0.4 is 5.32 Å². The first-order valence-electron chi connectivity index (χ1n) is 7.15. The average molecular weight is 357 g/mol. The minimum atomic E-state index is -0.386. The molecule has 0 aromatic carbocycles. The van der Waals surface area contributed by atoms with Crippen molar-refractivity contribution >= 4 is 47.2 Å². The lowest BCUT2D eigenvalue weighted by atomic mass is 10.3. The number of nitrogens with one attached hydrogen (secondary N) is 1. The number of pyridine rings is 1. The van der Waals surface area contributed by atoms with Crippen molar-refractivity contribution in [3.05, 3.63) is 48.0 Å². The minimum Gasteiger partial charge on any atom is -0.291 e. The lowest BCUT2D eigenvalue weighted by Gasteiger charge is -2.13. The van der Waals surface area contributed by atoms with E-state index in [4.69, 9.17) is 0 Å². The fourth-order valence-corrected chi connectivity index (χ4v) is 3.02. The van der Waals surface area contributed by atoms with E-state index in [0.29, 0.717) is 23.5 Å². The number of hydrogen-bond donors (Lipinski definition) is 2. The SMILES string of the molecule is C=CCN(S)C(=O)Nc1ccc2ncc(-c3ccc(C)s3)nc2n1. The molecule has 0 aliphatic heterocycles. The van der Waals surface area contributed by atoms with Crippen LogP contribution in [0.15, 0.2) is 43.1 Å². The molecule has 0 atom stereocenters. The Morgan fingerprint density at radius 1 is 1.38 bits per heavy atom. The Hall–Kier alpha value is -2.45. The molecule has 3 heterocycles. The zero-order valence-electron chi connectivity index (χ0n) is 12.9. The van der Waals surface area contributed by atoms with Crippen LogP contribution in [-0.4, -0.2) is 31.8 Å². The molecule has 8 heteroatoms. The van der Waals surface area contributed by atoms with Crippen LogP contribution >= 0.6 is 24.2 Å². The molecule has 3 aromatic rings. The predicted molar refractivity (Wildman–Crippen MR) is 100 cm³/mol. The van der Waals surface area contributed by atoms with Gasteiger partial charge >= 0.3 is 6.03 Å². The molecular formula is C16H15N5OS2. The zero-order valence-corrected chi connectivity index (χ0v) is 14.6. The Kier molecular flexibility index (Phi) is 4.77. The third-order valence-electron chi connectivity index (χ3n) is 3.17. The minimum absolute atomic E-state index is 0.324. The number of aromatic nitrogens is 3. The van der Waals surface area contributed by atoms with Gasteiger partial charge in [-0.3, -0.25) is 14.6 Å². The van der Waals surface area contributed by atoms with Gasteiger partial charge in [0, 0.05) is 4.88 Å². The van der Waals surface area contributed by atoms with E-state index in [0.717, 1.165) is 10.6 Å². The second-order valence-corrected chi connectivity index (χ2v) is 6.78. The molecule has 3 rings (SSSR count). The van der Waals surface area contributed by atoms with Crippen molar-refractivity contribution in [2.75, 3.05) is 11.9 Å². The average Bonchev–Trinajstić information content (AvgIpc) is 3.01. The van der Waals surface area contributed by atoms with Gasteiger partial charge in [-0.2, -0.15) is 0 Å². The molecule has 0 saturated carbocycles. The first-order valence-corrected chi connectivity index (χ1v) is 8.37. The number of amides is 2. The van der Waals surface area contributed by atoms with Crippen LogP contribution in [0.2, 0.25) is 0 Å². The van der Waals surface area contributed by atoms with Gasteiger partial charge in [0.05, 0.1) is 17.6 Å². The number of fused-ring (bicyclic) bond motifs is 1. The number of aryl methyl sites for hydroxylation is 1. The number of carbonyl (C=O) groups is 1. The number of nitrogens with zero attached hydrogens (tertiary/aromatic N) is 4. The maximum atomic E-state index is 11.9. The quantitative estimate of drug-likeness (QED) is 0.548. The summed E-state index contributed by atoms with van der Waals surface area (Å²) in [5, 5.41) is 2.67. The number of urea groups is 1. The van der Waals surface area contributed by atoms with Gasteiger partial charge in [0.1, 0.15) is 17.0 Å². The van der Waals surface area contributed by atoms with Gasteiger partial charge in [0.25, 0.3) is 0 Å². The maximum absolute atomic E-state index is 11.9. The summed E-state index contributed by atoms with van der Waals surface area (Å²) in [6, 6.07) is 7.11. The van der Waals surface area contributed by atoms with Crippen molar-refractivity contribution in [3.63, 3.8) is 0 Å². The lowest BCUT2D eigenvalue weighted by Crippen LogP contribution is -2.27. The zero-order chi connectivity index (χ0) is 17.1. The summed E-state index contributed by atoms with van der Waals surface area (Å²) in [6.45, 7) is 5.93. The van der Waals surface area contributed by atoms with Gasteiger partial charge in [-0.25, -0.2) is 14.8 Å². The van der Waals surface area contributed by atoms with Crippen LogP contribution in [0.4, 0.5) is 10.6 Å². The molecule has 0 radical (unpaired) electrons. The Bertz CT molecular complexity index is 908. The molecular weight excluding hydrogens is 342 g/mol. The highest BCUT2D eigenvalue weighted by Gasteiger charge is 2.11. The fraction of sp³-hybridized carbons (Fsp3) is 0.125. The number of carbonyl (C=O) groups excluding carboxylic acids is 1. The molecule has 3 aromatic heterocycles. The van der Waals surface area contributed by atoms with Gasteiger partial charge in [-0.05, 0) is 31.2 Å². The van der Waals surface area contributed by atoms with Crippen molar-refractivity contribution < 1.29 is 4.79 Å². The summed E-state index contributed by atoms with van der Waals surface area (Å²) >= 11 is 5.72. The maximum Gasteiger partial charge on any atom is 0.333 e. The fourth-order valence-electron chi connectivity index (χ4n) is 2.04. The van der Waals surface area contributed by atoms with Crippen LogP contribution in [0.5, 0.6) is 0 Å². The molecule has 6 nitrogen and oxygen atoms in total. The van der Waals surface area contributed by atoms with Crippen LogP contribution in [0, 0.1) is 6.92 Å². The summed E-state index contributed by atoms with van der Waals surface area (Å²) in [4.78, 5) is 27.5. The van der Waals surface area contributed by atoms with E-state index >= 15 is 0 Å². The third-order valence-corrected chi connectivity index (χ3v) is 4.54. The molecule has 1 N–H and O–H groups in total. The second kappa shape index (κ2) is 6.98. The highest BCUT2D eigenvalue weighted by atomic mass is 32.1. The number of thiol groups is 1. The first kappa shape index (κ1) is 16.4. The summed E-state index contributed by atoms with van der Waals surface area (Å²) < 4.78 is 1.20. The molecule has 2 amide bonds. The van der Waals surface area contributed by atoms with Gasteiger partial charge < -0.3 is 0 Å². The van der Waals surface area contributed by atoms with E-state index in [-0.39, 0.29) is 6.03 Å². The topological polar surface area (TPSA) is 71.0 Å². The third kappa shape index (κ3) is 3.55. The molecule has 0 aliphatic rings. The van der Waals surface area contributed by atoms with Crippen molar-refractivity contribution in [2.24, 2.45) is 0 Å². The van der Waals surface area contributed by atoms with Gasteiger partial charge in [-0.15, -0.1) is 17.9 Å². The van der Waals surface area contributed by atoms with E-state index in [9.17, 15) is 4.79 Å². The van der Waals surface area contributed by atoms with Gasteiger partial charge in [0.15, 0.2) is 5.65 Å². The van der Waals surface area contributed by atoms with Crippen LogP contribution in [-0.2, 0) is 0 Å². The molecule has 0 bridgehead atoms. The monoisotopic (exact) mass is 357 g/mol. The lowest BCUT2D eigenvalue weighted by molar-refractivity contribution is 0.241. The standard InChI is InChI=1S/C16H15N5OS2/c1-3-8-21(23)16(22)20-14-7-5-11-15(19-14)18-12(9-17-11)13-6-4-10(2)24-13/h3-7,9,23H,1,8H2,2H3,(H,18,19,20,22). The molecule has 0 fully saturated rings. The Balaban J connectivity index is 1.89. The molecule has 24 heavy (non-hydrogen) atoms. The molecule has 0 saturated heterocycles. The summed E-state index contributed by atoms with van der Waals surface area (Å²) in [5.74, 6) is 0.393. The van der Waals surface area contributed by atoms with E-state index in [2.05, 4.69) is 39.7 Å². The van der Waals surface area contributed by atoms with E-state index in [1.807, 2.05) is 19.1 Å². The number of hydrogen-bond acceptors (Lipinski definition) is 6. The van der Waals surface area contributed by atoms with E-state index < -0.39 is 0 Å². The Morgan fingerprint density at radius 2 is 2.21 bits per heavy atom. The molecule has 122 valence electrons. The highest BCUT2D eigenvalue weighted by molar-refractivity contribution is 7.78. The predicted octanol–water partition coefficient (Wildman–Crippen LogP) is 3.93. The van der Waals surface area contributed by atoms with E-state index in [1.165, 1.54) is 9.18 Å². The van der Waals surface area contributed by atoms with Crippen molar-refractivity contribution in [3.8, 4) is 10.6 Å². The van der Waals surface area contributed by atoms with Crippen LogP contribution in [0.1, 0.15) is 4.88 Å². The highest BCUT2D eigenvalue weighted by Crippen LogP contribution is 2.26. The summed E-state index contributed by atoms with van der Waals surface area (Å²) in [6.07, 6.45) is 3.31. The largest absolute Gasteiger partial charge is 0.333 e. The van der Waals surface area contributed by atoms with Gasteiger partial charge in [0.2, 0.25) is 0 Å². The second-order valence-electron chi connectivity index (χ2n) is 5.01. The van der Waals surface area contributed by atoms with Crippen LogP contribution in [0.25, 0.3) is 21.7 Å². The Morgan fingerprint density at radius 3 is 2.92 bits per heavy atom. The number of thiophene rings is 1. The smallest absolute Gasteiger partial charge is 0.291 e. The first-order chi connectivity index (χ1) is 11.6. The summed E-state index contributed by atoms with van der Waals surface area (Å²) in [7, 11) is 0. The Labute approximate surface area is 148 Å². The summed E-state index contributed by atoms with van der Waals surface area (Å²) in [5.41, 5.74) is 1.91. The van der Waals surface area contributed by atoms with Crippen molar-refractivity contribution in [1.82, 2.24) is 19.3 Å². The van der Waals surface area contributed by atoms with Crippen LogP contribution in [0.3, 0.4) is 0 Å². The normalized spacial score (nSPS) is 10.6. The number of rotatable bonds is 4. The van der Waals surface area contributed by atoms with Crippen molar-refractivity contribution in [2.45, 2.75) is 6.92 Å². The molecule has 0 aliphatic carbocycles. The number of anilines is 1.